The Labute approximate surface area is 94.2 Å². The van der Waals surface area contributed by atoms with Crippen molar-refractivity contribution in [2.75, 3.05) is 20.1 Å². The molecule has 2 atom stereocenters. The summed E-state index contributed by atoms with van der Waals surface area (Å²) in [6, 6.07) is 0.476. The molecule has 2 heteroatoms. The van der Waals surface area contributed by atoms with Gasteiger partial charge in [0.05, 0.1) is 0 Å². The number of hydrogen-bond acceptors (Lipinski definition) is 2. The van der Waals surface area contributed by atoms with Gasteiger partial charge in [-0.1, -0.05) is 38.5 Å². The summed E-state index contributed by atoms with van der Waals surface area (Å²) in [5.41, 5.74) is 6.30. The van der Waals surface area contributed by atoms with Crippen molar-refractivity contribution in [1.29, 1.82) is 0 Å². The Bertz CT molecular complexity index is 185. The zero-order valence-corrected chi connectivity index (χ0v) is 10.1. The van der Waals surface area contributed by atoms with Crippen LogP contribution in [0.3, 0.4) is 0 Å². The zero-order valence-electron chi connectivity index (χ0n) is 10.1. The van der Waals surface area contributed by atoms with E-state index in [4.69, 9.17) is 5.73 Å². The fourth-order valence-electron chi connectivity index (χ4n) is 3.41. The molecule has 2 fully saturated rings. The largest absolute Gasteiger partial charge is 0.327 e. The topological polar surface area (TPSA) is 29.3 Å². The molecule has 1 heterocycles. The molecule has 0 bridgehead atoms. The number of likely N-dealkylation sites (tertiary alicyclic amines) is 1. The molecule has 15 heavy (non-hydrogen) atoms. The maximum atomic E-state index is 6.30. The molecule has 1 aliphatic carbocycles. The van der Waals surface area contributed by atoms with Gasteiger partial charge in [-0.2, -0.15) is 0 Å². The van der Waals surface area contributed by atoms with Gasteiger partial charge >= 0.3 is 0 Å². The molecule has 1 saturated carbocycles. The first-order valence-corrected chi connectivity index (χ1v) is 6.71. The predicted molar refractivity (Wildman–Crippen MR) is 64.8 cm³/mol. The molecule has 2 rings (SSSR count). The molecule has 0 aromatic carbocycles. The van der Waals surface area contributed by atoms with E-state index in [2.05, 4.69) is 11.9 Å². The zero-order chi connectivity index (χ0) is 10.7. The number of hydrogen-bond donors (Lipinski definition) is 1. The van der Waals surface area contributed by atoms with Gasteiger partial charge in [0.15, 0.2) is 0 Å². The van der Waals surface area contributed by atoms with Crippen LogP contribution < -0.4 is 5.73 Å². The highest BCUT2D eigenvalue weighted by Gasteiger charge is 2.31. The third-order valence-electron chi connectivity index (χ3n) is 4.42. The average Bonchev–Trinajstić information content (AvgIpc) is 2.50. The molecule has 1 aliphatic heterocycles. The lowest BCUT2D eigenvalue weighted by molar-refractivity contribution is 0.127. The fourth-order valence-corrected chi connectivity index (χ4v) is 3.41. The first kappa shape index (κ1) is 11.4. The highest BCUT2D eigenvalue weighted by molar-refractivity contribution is 4.86. The van der Waals surface area contributed by atoms with Gasteiger partial charge in [-0.15, -0.1) is 0 Å². The van der Waals surface area contributed by atoms with Gasteiger partial charge in [-0.3, -0.25) is 0 Å². The van der Waals surface area contributed by atoms with Crippen LogP contribution in [0.25, 0.3) is 0 Å². The highest BCUT2D eigenvalue weighted by Crippen LogP contribution is 2.33. The van der Waals surface area contributed by atoms with Gasteiger partial charge in [0.2, 0.25) is 0 Å². The molecular weight excluding hydrogens is 184 g/mol. The Balaban J connectivity index is 1.93. The molecule has 2 N–H and O–H groups in total. The Morgan fingerprint density at radius 2 is 1.67 bits per heavy atom. The number of piperidine rings is 1. The van der Waals surface area contributed by atoms with Crippen LogP contribution in [0.15, 0.2) is 0 Å². The molecule has 0 spiro atoms. The quantitative estimate of drug-likeness (QED) is 0.673. The van der Waals surface area contributed by atoms with Gasteiger partial charge in [0, 0.05) is 12.6 Å². The Morgan fingerprint density at radius 3 is 2.33 bits per heavy atom. The molecule has 0 amide bonds. The average molecular weight is 210 g/mol. The highest BCUT2D eigenvalue weighted by atomic mass is 15.1. The van der Waals surface area contributed by atoms with E-state index in [9.17, 15) is 0 Å². The Hall–Kier alpha value is -0.0800. The van der Waals surface area contributed by atoms with Crippen molar-refractivity contribution in [3.8, 4) is 0 Å². The smallest absolute Gasteiger partial charge is 0.00941 e. The fraction of sp³-hybridized carbons (Fsp3) is 1.00. The number of nitrogens with zero attached hydrogens (tertiary/aromatic N) is 1. The van der Waals surface area contributed by atoms with Crippen molar-refractivity contribution in [3.63, 3.8) is 0 Å². The maximum Gasteiger partial charge on any atom is 0.00941 e. The van der Waals surface area contributed by atoms with E-state index in [1.165, 1.54) is 58.0 Å². The van der Waals surface area contributed by atoms with E-state index >= 15 is 0 Å². The van der Waals surface area contributed by atoms with Crippen molar-refractivity contribution in [2.45, 2.75) is 51.0 Å². The minimum atomic E-state index is 0.476. The van der Waals surface area contributed by atoms with Gasteiger partial charge in [-0.05, 0) is 31.8 Å². The minimum Gasteiger partial charge on any atom is -0.327 e. The van der Waals surface area contributed by atoms with Crippen molar-refractivity contribution >= 4 is 0 Å². The van der Waals surface area contributed by atoms with Crippen LogP contribution >= 0.6 is 0 Å². The summed E-state index contributed by atoms with van der Waals surface area (Å²) in [4.78, 5) is 2.47. The molecule has 0 aromatic rings. The second-order valence-electron chi connectivity index (χ2n) is 5.63. The lowest BCUT2D eigenvalue weighted by atomic mass is 9.78. The van der Waals surface area contributed by atoms with E-state index in [1.807, 2.05) is 0 Å². The predicted octanol–water partition coefficient (Wildman–Crippen LogP) is 2.24. The summed E-state index contributed by atoms with van der Waals surface area (Å²) in [6.45, 7) is 2.44. The van der Waals surface area contributed by atoms with Crippen LogP contribution in [0.1, 0.15) is 44.9 Å². The Kier molecular flexibility index (Phi) is 4.04. The van der Waals surface area contributed by atoms with Crippen molar-refractivity contribution < 1.29 is 0 Å². The first-order chi connectivity index (χ1) is 7.27. The summed E-state index contributed by atoms with van der Waals surface area (Å²) < 4.78 is 0. The summed E-state index contributed by atoms with van der Waals surface area (Å²) in [7, 11) is 2.25. The molecule has 0 aromatic heterocycles. The molecule has 2 nitrogen and oxygen atoms in total. The van der Waals surface area contributed by atoms with E-state index in [0.717, 1.165) is 11.8 Å². The second kappa shape index (κ2) is 5.31. The van der Waals surface area contributed by atoms with Crippen LogP contribution in [0.4, 0.5) is 0 Å². The van der Waals surface area contributed by atoms with Crippen LogP contribution in [-0.4, -0.2) is 31.1 Å². The van der Waals surface area contributed by atoms with Crippen molar-refractivity contribution in [1.82, 2.24) is 4.90 Å². The number of nitrogens with two attached hydrogens (primary N) is 1. The van der Waals surface area contributed by atoms with E-state index in [1.54, 1.807) is 0 Å². The lowest BCUT2D eigenvalue weighted by Gasteiger charge is -2.39. The van der Waals surface area contributed by atoms with Crippen LogP contribution in [0, 0.1) is 11.8 Å². The molecule has 2 aliphatic rings. The standard InChI is InChI=1S/C13H26N2/c1-15-9-8-13(14)12(10-15)11-6-4-2-3-5-7-11/h11-13H,2-10,14H2,1H3. The maximum absolute atomic E-state index is 6.30. The molecular formula is C13H26N2. The van der Waals surface area contributed by atoms with E-state index < -0.39 is 0 Å². The summed E-state index contributed by atoms with van der Waals surface area (Å²) in [5.74, 6) is 1.70. The van der Waals surface area contributed by atoms with Gasteiger partial charge < -0.3 is 10.6 Å². The lowest BCUT2D eigenvalue weighted by Crippen LogP contribution is -2.48. The molecule has 2 unspecified atom stereocenters. The molecule has 1 saturated heterocycles. The first-order valence-electron chi connectivity index (χ1n) is 6.71. The summed E-state index contributed by atoms with van der Waals surface area (Å²) in [5, 5.41) is 0. The van der Waals surface area contributed by atoms with Crippen LogP contribution in [-0.2, 0) is 0 Å². The minimum absolute atomic E-state index is 0.476. The molecule has 88 valence electrons. The van der Waals surface area contributed by atoms with Crippen molar-refractivity contribution in [3.05, 3.63) is 0 Å². The Morgan fingerprint density at radius 1 is 1.00 bits per heavy atom. The monoisotopic (exact) mass is 210 g/mol. The summed E-state index contributed by atoms with van der Waals surface area (Å²) >= 11 is 0. The third kappa shape index (κ3) is 2.94. The number of rotatable bonds is 1. The summed E-state index contributed by atoms with van der Waals surface area (Å²) in [6.07, 6.45) is 9.87. The van der Waals surface area contributed by atoms with Crippen LogP contribution in [0.5, 0.6) is 0 Å². The van der Waals surface area contributed by atoms with Gasteiger partial charge in [-0.25, -0.2) is 0 Å². The normalized spacial score (nSPS) is 36.4. The van der Waals surface area contributed by atoms with E-state index in [0.29, 0.717) is 6.04 Å². The van der Waals surface area contributed by atoms with Crippen molar-refractivity contribution in [2.24, 2.45) is 17.6 Å². The molecule has 0 radical (unpaired) electrons. The van der Waals surface area contributed by atoms with Crippen LogP contribution in [0.2, 0.25) is 0 Å². The van der Waals surface area contributed by atoms with E-state index in [-0.39, 0.29) is 0 Å². The van der Waals surface area contributed by atoms with Gasteiger partial charge in [0.1, 0.15) is 0 Å². The SMILES string of the molecule is CN1CCC(N)C(C2CCCCCC2)C1. The second-order valence-corrected chi connectivity index (χ2v) is 5.63. The third-order valence-corrected chi connectivity index (χ3v) is 4.42. The van der Waals surface area contributed by atoms with Gasteiger partial charge in [0.25, 0.3) is 0 Å².